The molecule has 0 radical (unpaired) electrons. The summed E-state index contributed by atoms with van der Waals surface area (Å²) >= 11 is 0. The van der Waals surface area contributed by atoms with E-state index in [4.69, 9.17) is 0 Å². The van der Waals surface area contributed by atoms with Crippen LogP contribution in [-0.4, -0.2) is 32.3 Å². The quantitative estimate of drug-likeness (QED) is 0.587. The molecule has 0 N–H and O–H groups in total. The van der Waals surface area contributed by atoms with E-state index in [1.54, 1.807) is 20.8 Å². The van der Waals surface area contributed by atoms with Crippen molar-refractivity contribution in [3.63, 3.8) is 0 Å². The molecule has 108 valence electrons. The number of hydrogen-bond donors (Lipinski definition) is 0. The molecule has 0 unspecified atom stereocenters. The van der Waals surface area contributed by atoms with Crippen molar-refractivity contribution < 1.29 is 14.4 Å². The summed E-state index contributed by atoms with van der Waals surface area (Å²) in [5.74, 6) is -2.19. The minimum Gasteiger partial charge on any atom is -0.286 e. The summed E-state index contributed by atoms with van der Waals surface area (Å²) in [6.07, 6.45) is 8.32. The molecule has 0 spiro atoms. The Morgan fingerprint density at radius 1 is 0.619 bits per heavy atom. The monoisotopic (exact) mass is 285 g/mol. The second-order valence-electron chi connectivity index (χ2n) is 3.90. The first-order valence-electron chi connectivity index (χ1n) is 6.30. The highest BCUT2D eigenvalue weighted by molar-refractivity contribution is 6.07. The molecule has 0 aromatic carbocycles. The lowest BCUT2D eigenvalue weighted by molar-refractivity contribution is 0.102. The Labute approximate surface area is 122 Å². The molecule has 0 bridgehead atoms. The van der Waals surface area contributed by atoms with Crippen LogP contribution in [0.1, 0.15) is 52.6 Å². The van der Waals surface area contributed by atoms with E-state index in [0.717, 1.165) is 0 Å². The van der Waals surface area contributed by atoms with Crippen LogP contribution in [0.3, 0.4) is 0 Å². The molecule has 0 saturated carbocycles. The summed E-state index contributed by atoms with van der Waals surface area (Å²) in [7, 11) is 0. The first-order valence-corrected chi connectivity index (χ1v) is 6.30. The Balaban J connectivity index is 3.42. The van der Waals surface area contributed by atoms with Crippen molar-refractivity contribution in [2.75, 3.05) is 0 Å². The predicted molar refractivity (Wildman–Crippen MR) is 77.3 cm³/mol. The fourth-order valence-corrected chi connectivity index (χ4v) is 1.38. The van der Waals surface area contributed by atoms with Crippen molar-refractivity contribution >= 4 is 17.3 Å². The second-order valence-corrected chi connectivity index (χ2v) is 3.90. The fraction of sp³-hybridized carbons (Fsp3) is 0.200. The lowest BCUT2D eigenvalue weighted by Gasteiger charge is -2.01. The molecular formula is C15H15N3O3. The van der Waals surface area contributed by atoms with Crippen LogP contribution in [0.15, 0.2) is 36.5 Å². The molecule has 6 heteroatoms. The van der Waals surface area contributed by atoms with E-state index < -0.39 is 17.3 Å². The number of carbonyl (C=O) groups excluding carboxylic acids is 3. The number of carbonyl (C=O) groups is 3. The summed E-state index contributed by atoms with van der Waals surface area (Å²) < 4.78 is 0. The van der Waals surface area contributed by atoms with Crippen LogP contribution in [0.25, 0.3) is 0 Å². The van der Waals surface area contributed by atoms with Crippen LogP contribution >= 0.6 is 0 Å². The van der Waals surface area contributed by atoms with E-state index in [1.165, 1.54) is 36.5 Å². The largest absolute Gasteiger partial charge is 0.286 e. The van der Waals surface area contributed by atoms with Gasteiger partial charge in [0.1, 0.15) is 0 Å². The third-order valence-electron chi connectivity index (χ3n) is 2.25. The Morgan fingerprint density at radius 2 is 0.857 bits per heavy atom. The molecule has 1 aromatic rings. The first-order chi connectivity index (χ1) is 10.0. The third-order valence-corrected chi connectivity index (χ3v) is 2.25. The third kappa shape index (κ3) is 4.38. The van der Waals surface area contributed by atoms with Crippen LogP contribution in [-0.2, 0) is 0 Å². The molecule has 0 saturated heterocycles. The maximum atomic E-state index is 11.8. The zero-order valence-corrected chi connectivity index (χ0v) is 12.0. The summed E-state index contributed by atoms with van der Waals surface area (Å²) in [6, 6.07) is 0. The van der Waals surface area contributed by atoms with E-state index in [9.17, 15) is 14.4 Å². The molecule has 0 amide bonds. The Morgan fingerprint density at radius 3 is 1.05 bits per heavy atom. The number of aromatic nitrogens is 3. The molecule has 1 heterocycles. The van der Waals surface area contributed by atoms with Crippen molar-refractivity contribution in [2.24, 2.45) is 0 Å². The van der Waals surface area contributed by atoms with E-state index in [0.29, 0.717) is 0 Å². The normalized spacial score (nSPS) is 11.6. The summed E-state index contributed by atoms with van der Waals surface area (Å²) in [5.41, 5.74) is 0. The highest BCUT2D eigenvalue weighted by Gasteiger charge is 2.17. The minimum atomic E-state index is -0.496. The van der Waals surface area contributed by atoms with Gasteiger partial charge in [0.15, 0.2) is 0 Å². The van der Waals surface area contributed by atoms with E-state index in [2.05, 4.69) is 15.0 Å². The molecule has 1 rings (SSSR count). The van der Waals surface area contributed by atoms with Crippen LogP contribution in [0.5, 0.6) is 0 Å². The van der Waals surface area contributed by atoms with Gasteiger partial charge in [-0.25, -0.2) is 15.0 Å². The maximum Gasteiger partial charge on any atom is 0.222 e. The van der Waals surface area contributed by atoms with Crippen molar-refractivity contribution in [3.8, 4) is 0 Å². The van der Waals surface area contributed by atoms with E-state index in [1.807, 2.05) is 0 Å². The average molecular weight is 285 g/mol. The van der Waals surface area contributed by atoms with Crippen molar-refractivity contribution in [1.82, 2.24) is 15.0 Å². The molecule has 0 aliphatic heterocycles. The van der Waals surface area contributed by atoms with Gasteiger partial charge >= 0.3 is 0 Å². The number of nitrogens with zero attached hydrogens (tertiary/aromatic N) is 3. The molecule has 0 atom stereocenters. The number of allylic oxidation sites excluding steroid dienone is 6. The van der Waals surface area contributed by atoms with Crippen LogP contribution in [0.4, 0.5) is 0 Å². The van der Waals surface area contributed by atoms with Crippen molar-refractivity contribution in [2.45, 2.75) is 20.8 Å². The molecule has 21 heavy (non-hydrogen) atoms. The van der Waals surface area contributed by atoms with E-state index in [-0.39, 0.29) is 17.5 Å². The predicted octanol–water partition coefficient (Wildman–Crippen LogP) is 2.15. The fourth-order valence-electron chi connectivity index (χ4n) is 1.38. The lowest BCUT2D eigenvalue weighted by Crippen LogP contribution is -2.16. The van der Waals surface area contributed by atoms with Crippen LogP contribution < -0.4 is 0 Å². The molecule has 1 aromatic heterocycles. The van der Waals surface area contributed by atoms with Gasteiger partial charge < -0.3 is 0 Å². The number of ketones is 3. The Kier molecular flexibility index (Phi) is 6.00. The molecule has 0 aliphatic carbocycles. The van der Waals surface area contributed by atoms with Gasteiger partial charge in [0.25, 0.3) is 0 Å². The summed E-state index contributed by atoms with van der Waals surface area (Å²) in [5, 5.41) is 0. The van der Waals surface area contributed by atoms with Gasteiger partial charge in [0.2, 0.25) is 34.8 Å². The van der Waals surface area contributed by atoms with Gasteiger partial charge in [-0.3, -0.25) is 14.4 Å². The van der Waals surface area contributed by atoms with Gasteiger partial charge in [0.05, 0.1) is 0 Å². The Bertz CT molecular complexity index is 555. The average Bonchev–Trinajstić information content (AvgIpc) is 2.47. The topological polar surface area (TPSA) is 89.9 Å². The summed E-state index contributed by atoms with van der Waals surface area (Å²) in [4.78, 5) is 46.9. The molecule has 0 aliphatic rings. The van der Waals surface area contributed by atoms with Gasteiger partial charge in [-0.2, -0.15) is 0 Å². The van der Waals surface area contributed by atoms with Gasteiger partial charge in [0, 0.05) is 0 Å². The smallest absolute Gasteiger partial charge is 0.222 e. The maximum absolute atomic E-state index is 11.8. The minimum absolute atomic E-state index is 0.233. The molecule has 6 nitrogen and oxygen atoms in total. The van der Waals surface area contributed by atoms with Crippen LogP contribution in [0, 0.1) is 0 Å². The number of hydrogen-bond acceptors (Lipinski definition) is 6. The highest BCUT2D eigenvalue weighted by atomic mass is 16.1. The first kappa shape index (κ1) is 16.3. The lowest BCUT2D eigenvalue weighted by atomic mass is 10.2. The van der Waals surface area contributed by atoms with Crippen molar-refractivity contribution in [3.05, 3.63) is 53.9 Å². The van der Waals surface area contributed by atoms with Crippen LogP contribution in [0.2, 0.25) is 0 Å². The van der Waals surface area contributed by atoms with Gasteiger partial charge in [-0.1, -0.05) is 18.2 Å². The summed E-state index contributed by atoms with van der Waals surface area (Å²) in [6.45, 7) is 4.99. The van der Waals surface area contributed by atoms with E-state index >= 15 is 0 Å². The molecule has 0 fully saturated rings. The standard InChI is InChI=1S/C15H15N3O3/c1-4-7-10(19)13-16-14(11(20)8-5-2)18-15(17-13)12(21)9-6-3/h4-9H,1-3H3. The zero-order chi connectivity index (χ0) is 15.8. The number of rotatable bonds is 6. The van der Waals surface area contributed by atoms with Crippen molar-refractivity contribution in [1.29, 1.82) is 0 Å². The van der Waals surface area contributed by atoms with Gasteiger partial charge in [-0.05, 0) is 39.0 Å². The van der Waals surface area contributed by atoms with Gasteiger partial charge in [-0.15, -0.1) is 0 Å². The highest BCUT2D eigenvalue weighted by Crippen LogP contribution is 2.03. The zero-order valence-electron chi connectivity index (χ0n) is 12.0. The Hall–Kier alpha value is -2.76. The SMILES string of the molecule is CC=CC(=O)c1nc(C(=O)C=CC)nc(C(=O)C=CC)n1. The second kappa shape index (κ2) is 7.74. The molecular weight excluding hydrogens is 270 g/mol.